The van der Waals surface area contributed by atoms with E-state index in [9.17, 15) is 9.59 Å². The molecule has 0 saturated carbocycles. The molecule has 33 heavy (non-hydrogen) atoms. The molecule has 8 heteroatoms. The molecular weight excluding hydrogens is 486 g/mol. The Bertz CT molecular complexity index is 521. The normalized spacial score (nSPS) is 11.8. The number of carbonyl (C=O) groups is 2. The molecule has 7 nitrogen and oxygen atoms in total. The molecule has 0 aliphatic rings. The Labute approximate surface area is 213 Å². The second-order valence-electron chi connectivity index (χ2n) is 10.8. The fourth-order valence-corrected chi connectivity index (χ4v) is 3.40. The number of halogens is 1. The Morgan fingerprint density at radius 3 is 1.55 bits per heavy atom. The molecule has 0 saturated heterocycles. The van der Waals surface area contributed by atoms with Crippen molar-refractivity contribution in [3.8, 4) is 0 Å². The summed E-state index contributed by atoms with van der Waals surface area (Å²) in [5, 5.41) is 5.70. The van der Waals surface area contributed by atoms with Crippen LogP contribution in [-0.2, 0) is 9.47 Å². The van der Waals surface area contributed by atoms with Gasteiger partial charge in [-0.3, -0.25) is 0 Å². The van der Waals surface area contributed by atoms with E-state index in [0.717, 1.165) is 43.4 Å². The lowest BCUT2D eigenvalue weighted by molar-refractivity contribution is -0.910. The smallest absolute Gasteiger partial charge is 0.407 e. The lowest BCUT2D eigenvalue weighted by Gasteiger charge is -2.35. The van der Waals surface area contributed by atoms with Crippen LogP contribution in [0.15, 0.2) is 12.7 Å². The second-order valence-corrected chi connectivity index (χ2v) is 10.8. The van der Waals surface area contributed by atoms with Gasteiger partial charge in [0.1, 0.15) is 11.2 Å². The molecule has 0 aromatic rings. The van der Waals surface area contributed by atoms with Crippen LogP contribution >= 0.6 is 0 Å². The highest BCUT2D eigenvalue weighted by Crippen LogP contribution is 2.12. The molecule has 0 fully saturated rings. The highest BCUT2D eigenvalue weighted by atomic mass is 79.9. The van der Waals surface area contributed by atoms with E-state index in [1.165, 1.54) is 25.7 Å². The standard InChI is InChI=1S/C25H49N3O4.BrH/c1-9-10-11-12-13-14-19-28(8,20-15-17-26-22(29)31-24(2,3)4)21-16-18-27-23(30)32-25(5,6)7;/h9H,1,10-21H2,2-8H3,(H-,26,27,29,30);1H. The highest BCUT2D eigenvalue weighted by molar-refractivity contribution is 5.67. The van der Waals surface area contributed by atoms with E-state index < -0.39 is 11.2 Å². The van der Waals surface area contributed by atoms with E-state index in [0.29, 0.717) is 13.1 Å². The number of quaternary nitrogens is 1. The molecule has 0 aliphatic heterocycles. The average Bonchev–Trinajstić information content (AvgIpc) is 2.63. The molecule has 0 rings (SSSR count). The van der Waals surface area contributed by atoms with Crippen LogP contribution in [-0.4, -0.2) is 67.6 Å². The zero-order valence-electron chi connectivity index (χ0n) is 22.2. The SMILES string of the molecule is C=CCCCCCC[N+](C)(CCCNC(=O)OC(C)(C)C)CCCNC(=O)OC(C)(C)C.[Br-]. The van der Waals surface area contributed by atoms with E-state index in [4.69, 9.17) is 9.47 Å². The fraction of sp³-hybridized carbons (Fsp3) is 0.840. The molecular formula is C25H50BrN3O4. The van der Waals surface area contributed by atoms with Crippen LogP contribution < -0.4 is 27.6 Å². The molecule has 0 unspecified atom stereocenters. The highest BCUT2D eigenvalue weighted by Gasteiger charge is 2.22. The Morgan fingerprint density at radius 2 is 1.15 bits per heavy atom. The summed E-state index contributed by atoms with van der Waals surface area (Å²) in [4.78, 5) is 23.7. The Morgan fingerprint density at radius 1 is 0.758 bits per heavy atom. The minimum atomic E-state index is -0.485. The molecule has 0 radical (unpaired) electrons. The third-order valence-electron chi connectivity index (χ3n) is 4.94. The molecule has 2 amide bonds. The fourth-order valence-electron chi connectivity index (χ4n) is 3.40. The van der Waals surface area contributed by atoms with E-state index in [1.54, 1.807) is 0 Å². The summed E-state index contributed by atoms with van der Waals surface area (Å²) in [5.74, 6) is 0. The third-order valence-corrected chi connectivity index (χ3v) is 4.94. The number of carbonyl (C=O) groups excluding carboxylic acids is 2. The Balaban J connectivity index is 0. The predicted octanol–water partition coefficient (Wildman–Crippen LogP) is 2.40. The van der Waals surface area contributed by atoms with Crippen LogP contribution in [0.4, 0.5) is 9.59 Å². The summed E-state index contributed by atoms with van der Waals surface area (Å²) in [5.41, 5.74) is -0.969. The number of ether oxygens (including phenoxy) is 2. The van der Waals surface area contributed by atoms with Crippen molar-refractivity contribution in [2.24, 2.45) is 0 Å². The van der Waals surface area contributed by atoms with Gasteiger partial charge in [-0.2, -0.15) is 0 Å². The molecule has 2 N–H and O–H groups in total. The van der Waals surface area contributed by atoms with Gasteiger partial charge in [-0.25, -0.2) is 9.59 Å². The molecule has 0 atom stereocenters. The topological polar surface area (TPSA) is 76.7 Å². The van der Waals surface area contributed by atoms with Gasteiger partial charge in [-0.1, -0.05) is 12.5 Å². The maximum atomic E-state index is 11.9. The quantitative estimate of drug-likeness (QED) is 0.192. The maximum absolute atomic E-state index is 11.9. The van der Waals surface area contributed by atoms with Gasteiger partial charge in [0.2, 0.25) is 0 Å². The van der Waals surface area contributed by atoms with Crippen molar-refractivity contribution in [2.45, 2.75) is 97.7 Å². The number of allylic oxidation sites excluding steroid dienone is 1. The van der Waals surface area contributed by atoms with E-state index in [1.807, 2.05) is 47.6 Å². The minimum Gasteiger partial charge on any atom is -1.00 e. The van der Waals surface area contributed by atoms with Crippen molar-refractivity contribution < 1.29 is 40.5 Å². The summed E-state index contributed by atoms with van der Waals surface area (Å²) in [6, 6.07) is 0. The van der Waals surface area contributed by atoms with E-state index in [2.05, 4.69) is 24.3 Å². The van der Waals surface area contributed by atoms with Crippen molar-refractivity contribution in [3.05, 3.63) is 12.7 Å². The molecule has 0 aliphatic carbocycles. The van der Waals surface area contributed by atoms with Crippen LogP contribution in [0.5, 0.6) is 0 Å². The average molecular weight is 537 g/mol. The van der Waals surface area contributed by atoms with E-state index >= 15 is 0 Å². The van der Waals surface area contributed by atoms with Crippen molar-refractivity contribution in [1.82, 2.24) is 10.6 Å². The van der Waals surface area contributed by atoms with Crippen LogP contribution in [0.25, 0.3) is 0 Å². The first kappa shape index (κ1) is 33.9. The van der Waals surface area contributed by atoms with Crippen LogP contribution in [0.2, 0.25) is 0 Å². The number of unbranched alkanes of at least 4 members (excludes halogenated alkanes) is 4. The molecule has 0 aromatic carbocycles. The number of rotatable bonds is 15. The zero-order valence-corrected chi connectivity index (χ0v) is 23.8. The number of nitrogens with one attached hydrogen (secondary N) is 2. The first-order chi connectivity index (χ1) is 14.8. The van der Waals surface area contributed by atoms with Gasteiger partial charge in [0, 0.05) is 25.9 Å². The first-order valence-corrected chi connectivity index (χ1v) is 12.1. The third kappa shape index (κ3) is 22.3. The summed E-state index contributed by atoms with van der Waals surface area (Å²) < 4.78 is 11.5. The number of amides is 2. The largest absolute Gasteiger partial charge is 1.00 e. The number of nitrogens with zero attached hydrogens (tertiary/aromatic N) is 1. The summed E-state index contributed by atoms with van der Waals surface area (Å²) in [6.07, 6.45) is 8.91. The predicted molar refractivity (Wildman–Crippen MR) is 132 cm³/mol. The van der Waals surface area contributed by atoms with Crippen molar-refractivity contribution in [3.63, 3.8) is 0 Å². The molecule has 0 heterocycles. The zero-order chi connectivity index (χ0) is 24.7. The first-order valence-electron chi connectivity index (χ1n) is 12.1. The lowest BCUT2D eigenvalue weighted by atomic mass is 10.1. The maximum Gasteiger partial charge on any atom is 0.407 e. The summed E-state index contributed by atoms with van der Waals surface area (Å²) in [7, 11) is 2.27. The van der Waals surface area contributed by atoms with Gasteiger partial charge < -0.3 is 41.6 Å². The summed E-state index contributed by atoms with van der Waals surface area (Å²) in [6.45, 7) is 19.2. The number of hydrogen-bond donors (Lipinski definition) is 2. The van der Waals surface area contributed by atoms with Gasteiger partial charge in [0.15, 0.2) is 0 Å². The van der Waals surface area contributed by atoms with Crippen LogP contribution in [0.3, 0.4) is 0 Å². The van der Waals surface area contributed by atoms with Crippen LogP contribution in [0.1, 0.15) is 86.5 Å². The van der Waals surface area contributed by atoms with Crippen molar-refractivity contribution in [2.75, 3.05) is 39.8 Å². The number of alkyl carbamates (subject to hydrolysis) is 2. The minimum absolute atomic E-state index is 0. The molecule has 0 aromatic heterocycles. The Kier molecular flexibility index (Phi) is 17.7. The number of hydrogen-bond acceptors (Lipinski definition) is 4. The van der Waals surface area contributed by atoms with Gasteiger partial charge >= 0.3 is 12.2 Å². The van der Waals surface area contributed by atoms with Gasteiger partial charge in [0.25, 0.3) is 0 Å². The van der Waals surface area contributed by atoms with Gasteiger partial charge in [-0.05, 0) is 67.2 Å². The Hall–Kier alpha value is -1.28. The van der Waals surface area contributed by atoms with Gasteiger partial charge in [-0.15, -0.1) is 6.58 Å². The molecule has 0 spiro atoms. The summed E-state index contributed by atoms with van der Waals surface area (Å²) >= 11 is 0. The van der Waals surface area contributed by atoms with Crippen LogP contribution in [0, 0.1) is 0 Å². The van der Waals surface area contributed by atoms with Gasteiger partial charge in [0.05, 0.1) is 26.7 Å². The lowest BCUT2D eigenvalue weighted by Crippen LogP contribution is -3.00. The molecule has 196 valence electrons. The van der Waals surface area contributed by atoms with Crippen molar-refractivity contribution in [1.29, 1.82) is 0 Å². The second kappa shape index (κ2) is 17.2. The molecule has 0 bridgehead atoms. The monoisotopic (exact) mass is 535 g/mol. The van der Waals surface area contributed by atoms with E-state index in [-0.39, 0.29) is 29.2 Å². The van der Waals surface area contributed by atoms with Crippen molar-refractivity contribution >= 4 is 12.2 Å².